The van der Waals surface area contributed by atoms with Gasteiger partial charge in [0.15, 0.2) is 6.10 Å². The molecule has 2 atom stereocenters. The fourth-order valence-corrected chi connectivity index (χ4v) is 4.16. The smallest absolute Gasteiger partial charge is 0.255 e. The summed E-state index contributed by atoms with van der Waals surface area (Å²) in [6, 6.07) is 11.3. The zero-order valence-corrected chi connectivity index (χ0v) is 18.1. The zero-order valence-electron chi connectivity index (χ0n) is 18.1. The monoisotopic (exact) mass is 421 g/mol. The van der Waals surface area contributed by atoms with Crippen molar-refractivity contribution >= 4 is 11.8 Å². The van der Waals surface area contributed by atoms with Crippen molar-refractivity contribution in [2.24, 2.45) is 0 Å². The van der Waals surface area contributed by atoms with Crippen LogP contribution in [-0.2, 0) is 16.1 Å². The number of aryl methyl sites for hydroxylation is 1. The van der Waals surface area contributed by atoms with E-state index in [1.165, 1.54) is 0 Å². The lowest BCUT2D eigenvalue weighted by Crippen LogP contribution is -2.66. The maximum atomic E-state index is 12.8. The molecule has 2 amide bonds. The highest BCUT2D eigenvalue weighted by molar-refractivity contribution is 5.94. The van der Waals surface area contributed by atoms with Crippen molar-refractivity contribution in [3.05, 3.63) is 71.1 Å². The van der Waals surface area contributed by atoms with Gasteiger partial charge in [-0.2, -0.15) is 0 Å². The first-order valence-corrected chi connectivity index (χ1v) is 10.4. The zero-order chi connectivity index (χ0) is 22.0. The van der Waals surface area contributed by atoms with E-state index >= 15 is 0 Å². The molecule has 1 aromatic carbocycles. The standard InChI is InChI=1S/C24H27N3O4/c1-16-4-7-19(14-25-16)23(28)26-12-10-18(11-13-26)21-22(31-3)24(29)27(21)15-17-5-8-20(30-2)9-6-17/h4-10,14,21-22H,11-13,15H2,1-3H3/t21-,22+/m0/s1. The Morgan fingerprint density at radius 2 is 1.94 bits per heavy atom. The van der Waals surface area contributed by atoms with Crippen molar-refractivity contribution in [2.75, 3.05) is 27.3 Å². The number of benzene rings is 1. The number of β-lactam (4-membered cyclic amide) rings is 1. The maximum absolute atomic E-state index is 12.8. The Morgan fingerprint density at radius 1 is 1.16 bits per heavy atom. The third-order valence-corrected chi connectivity index (χ3v) is 5.98. The van der Waals surface area contributed by atoms with Gasteiger partial charge in [0.1, 0.15) is 5.75 Å². The fraction of sp³-hybridized carbons (Fsp3) is 0.375. The first kappa shape index (κ1) is 21.1. The number of carbonyl (C=O) groups is 2. The van der Waals surface area contributed by atoms with Gasteiger partial charge in [0.25, 0.3) is 11.8 Å². The lowest BCUT2D eigenvalue weighted by molar-refractivity contribution is -0.168. The molecule has 162 valence electrons. The van der Waals surface area contributed by atoms with Gasteiger partial charge in [0.05, 0.1) is 18.7 Å². The molecule has 2 aliphatic heterocycles. The molecule has 2 aliphatic rings. The lowest BCUT2D eigenvalue weighted by atomic mass is 9.86. The van der Waals surface area contributed by atoms with Crippen LogP contribution in [0.1, 0.15) is 28.0 Å². The normalized spacial score (nSPS) is 20.9. The first-order chi connectivity index (χ1) is 15.0. The second kappa shape index (κ2) is 8.89. The third kappa shape index (κ3) is 4.18. The summed E-state index contributed by atoms with van der Waals surface area (Å²) in [7, 11) is 3.20. The second-order valence-electron chi connectivity index (χ2n) is 7.88. The van der Waals surface area contributed by atoms with Crippen LogP contribution < -0.4 is 4.74 Å². The van der Waals surface area contributed by atoms with Gasteiger partial charge in [0.2, 0.25) is 0 Å². The summed E-state index contributed by atoms with van der Waals surface area (Å²) in [6.07, 6.45) is 3.93. The summed E-state index contributed by atoms with van der Waals surface area (Å²) in [5, 5.41) is 0. The van der Waals surface area contributed by atoms with E-state index in [4.69, 9.17) is 9.47 Å². The Morgan fingerprint density at radius 3 is 2.52 bits per heavy atom. The Labute approximate surface area is 182 Å². The highest BCUT2D eigenvalue weighted by Gasteiger charge is 2.49. The SMILES string of the molecule is COc1ccc(CN2C(=O)[C@H](OC)[C@@H]2C2=CCN(C(=O)c3ccc(C)nc3)CC2)cc1. The Balaban J connectivity index is 1.45. The largest absolute Gasteiger partial charge is 0.497 e. The van der Waals surface area contributed by atoms with Gasteiger partial charge in [-0.05, 0) is 48.7 Å². The van der Waals surface area contributed by atoms with E-state index in [1.807, 2.05) is 53.1 Å². The Bertz CT molecular complexity index is 985. The summed E-state index contributed by atoms with van der Waals surface area (Å²) in [5.74, 6) is 0.757. The number of rotatable bonds is 6. The maximum Gasteiger partial charge on any atom is 0.255 e. The Hall–Kier alpha value is -3.19. The van der Waals surface area contributed by atoms with Gasteiger partial charge in [-0.3, -0.25) is 14.6 Å². The topological polar surface area (TPSA) is 72.0 Å². The van der Waals surface area contributed by atoms with Crippen LogP contribution >= 0.6 is 0 Å². The molecule has 0 N–H and O–H groups in total. The molecule has 1 fully saturated rings. The number of carbonyl (C=O) groups excluding carboxylic acids is 2. The molecule has 0 bridgehead atoms. The minimum Gasteiger partial charge on any atom is -0.497 e. The highest BCUT2D eigenvalue weighted by Crippen LogP contribution is 2.33. The number of amides is 2. The molecular weight excluding hydrogens is 394 g/mol. The number of nitrogens with zero attached hydrogens (tertiary/aromatic N) is 3. The van der Waals surface area contributed by atoms with Gasteiger partial charge >= 0.3 is 0 Å². The molecule has 0 saturated carbocycles. The molecule has 2 aromatic rings. The van der Waals surface area contributed by atoms with E-state index in [1.54, 1.807) is 20.4 Å². The number of pyridine rings is 1. The van der Waals surface area contributed by atoms with E-state index in [-0.39, 0.29) is 17.9 Å². The minimum atomic E-state index is -0.465. The minimum absolute atomic E-state index is 0.00606. The van der Waals surface area contributed by atoms with Crippen molar-refractivity contribution in [3.8, 4) is 5.75 Å². The van der Waals surface area contributed by atoms with E-state index in [2.05, 4.69) is 11.1 Å². The number of hydrogen-bond donors (Lipinski definition) is 0. The average molecular weight is 421 g/mol. The number of hydrogen-bond acceptors (Lipinski definition) is 5. The molecule has 1 saturated heterocycles. The van der Waals surface area contributed by atoms with Gasteiger partial charge in [-0.15, -0.1) is 0 Å². The second-order valence-corrected chi connectivity index (χ2v) is 7.88. The lowest BCUT2D eigenvalue weighted by Gasteiger charge is -2.48. The van der Waals surface area contributed by atoms with Crippen molar-refractivity contribution in [1.82, 2.24) is 14.8 Å². The molecule has 0 aliphatic carbocycles. The van der Waals surface area contributed by atoms with Crippen LogP contribution in [0.4, 0.5) is 0 Å². The number of likely N-dealkylation sites (tertiary alicyclic amines) is 1. The number of ether oxygens (including phenoxy) is 2. The first-order valence-electron chi connectivity index (χ1n) is 10.4. The summed E-state index contributed by atoms with van der Waals surface area (Å²) in [6.45, 7) is 3.53. The molecule has 31 heavy (non-hydrogen) atoms. The van der Waals surface area contributed by atoms with Crippen molar-refractivity contribution in [2.45, 2.75) is 32.0 Å². The van der Waals surface area contributed by atoms with Crippen LogP contribution in [0, 0.1) is 6.92 Å². The Kier molecular flexibility index (Phi) is 6.04. The van der Waals surface area contributed by atoms with E-state index in [0.29, 0.717) is 31.6 Å². The van der Waals surface area contributed by atoms with Crippen LogP contribution in [0.25, 0.3) is 0 Å². The van der Waals surface area contributed by atoms with E-state index < -0.39 is 6.10 Å². The summed E-state index contributed by atoms with van der Waals surface area (Å²) < 4.78 is 10.7. The summed E-state index contributed by atoms with van der Waals surface area (Å²) in [4.78, 5) is 33.3. The van der Waals surface area contributed by atoms with Crippen LogP contribution in [0.3, 0.4) is 0 Å². The molecule has 4 rings (SSSR count). The van der Waals surface area contributed by atoms with Gasteiger partial charge in [0, 0.05) is 38.6 Å². The van der Waals surface area contributed by atoms with Gasteiger partial charge < -0.3 is 19.3 Å². The van der Waals surface area contributed by atoms with Crippen molar-refractivity contribution < 1.29 is 19.1 Å². The number of aromatic nitrogens is 1. The van der Waals surface area contributed by atoms with E-state index in [9.17, 15) is 9.59 Å². The van der Waals surface area contributed by atoms with Crippen LogP contribution in [0.2, 0.25) is 0 Å². The van der Waals surface area contributed by atoms with Gasteiger partial charge in [-0.25, -0.2) is 0 Å². The highest BCUT2D eigenvalue weighted by atomic mass is 16.5. The molecular formula is C24H27N3O4. The quantitative estimate of drug-likeness (QED) is 0.530. The summed E-state index contributed by atoms with van der Waals surface area (Å²) >= 11 is 0. The van der Waals surface area contributed by atoms with Gasteiger partial charge in [-0.1, -0.05) is 18.2 Å². The summed E-state index contributed by atoms with van der Waals surface area (Å²) in [5.41, 5.74) is 3.66. The molecule has 7 nitrogen and oxygen atoms in total. The van der Waals surface area contributed by atoms with E-state index in [0.717, 1.165) is 22.6 Å². The van der Waals surface area contributed by atoms with Crippen LogP contribution in [0.5, 0.6) is 5.75 Å². The molecule has 0 spiro atoms. The predicted molar refractivity (Wildman–Crippen MR) is 116 cm³/mol. The van der Waals surface area contributed by atoms with Crippen molar-refractivity contribution in [1.29, 1.82) is 0 Å². The fourth-order valence-electron chi connectivity index (χ4n) is 4.16. The molecule has 1 aromatic heterocycles. The van der Waals surface area contributed by atoms with Crippen LogP contribution in [0.15, 0.2) is 54.2 Å². The number of methoxy groups -OCH3 is 2. The predicted octanol–water partition coefficient (Wildman–Crippen LogP) is 2.60. The molecule has 0 radical (unpaired) electrons. The van der Waals surface area contributed by atoms with Crippen molar-refractivity contribution in [3.63, 3.8) is 0 Å². The third-order valence-electron chi connectivity index (χ3n) is 5.98. The molecule has 7 heteroatoms. The molecule has 0 unspecified atom stereocenters. The average Bonchev–Trinajstić information content (AvgIpc) is 2.81. The molecule has 3 heterocycles. The van der Waals surface area contributed by atoms with Crippen LogP contribution in [-0.4, -0.2) is 66.1 Å².